The van der Waals surface area contributed by atoms with Gasteiger partial charge in [0.05, 0.1) is 27.7 Å². The maximum Gasteiger partial charge on any atom is 0.320 e. The molecule has 0 bridgehead atoms. The monoisotopic (exact) mass is 286 g/mol. The molecule has 1 saturated heterocycles. The van der Waals surface area contributed by atoms with Gasteiger partial charge in [-0.2, -0.15) is 0 Å². The Bertz CT molecular complexity index is 339. The number of carboxylic acids is 1. The average Bonchev–Trinajstić information content (AvgIpc) is 2.75. The summed E-state index contributed by atoms with van der Waals surface area (Å²) < 4.78 is 0.955. The lowest BCUT2D eigenvalue weighted by atomic mass is 10.1. The van der Waals surface area contributed by atoms with Crippen LogP contribution in [0.2, 0.25) is 0 Å². The molecule has 6 nitrogen and oxygen atoms in total. The fraction of sp³-hybridized carbons (Fsp3) is 0.857. The lowest BCUT2D eigenvalue weighted by Crippen LogP contribution is -2.36. The van der Waals surface area contributed by atoms with E-state index in [1.165, 1.54) is 0 Å². The van der Waals surface area contributed by atoms with Crippen LogP contribution in [0.15, 0.2) is 0 Å². The van der Waals surface area contributed by atoms with E-state index in [-0.39, 0.29) is 11.9 Å². The van der Waals surface area contributed by atoms with Crippen LogP contribution in [-0.4, -0.2) is 67.8 Å². The van der Waals surface area contributed by atoms with Crippen molar-refractivity contribution >= 4 is 11.9 Å². The summed E-state index contributed by atoms with van der Waals surface area (Å²) >= 11 is 0. The largest absolute Gasteiger partial charge is 0.480 e. The van der Waals surface area contributed by atoms with Gasteiger partial charge in [-0.15, -0.1) is 0 Å². The molecule has 1 heterocycles. The Morgan fingerprint density at radius 1 is 1.25 bits per heavy atom. The topological polar surface area (TPSA) is 78.4 Å². The molecule has 1 amide bonds. The summed E-state index contributed by atoms with van der Waals surface area (Å²) in [7, 11) is 6.50. The Kier molecular flexibility index (Phi) is 6.42. The average molecular weight is 286 g/mol. The van der Waals surface area contributed by atoms with E-state index in [4.69, 9.17) is 5.11 Å². The molecule has 0 aliphatic carbocycles. The van der Waals surface area contributed by atoms with Gasteiger partial charge in [-0.05, 0) is 25.7 Å². The number of quaternary nitrogens is 1. The molecule has 20 heavy (non-hydrogen) atoms. The Hall–Kier alpha value is -1.14. The molecule has 0 aromatic carbocycles. The minimum atomic E-state index is -0.845. The molecular formula is C14H28N3O3+. The number of nitrogens with one attached hydrogen (secondary N) is 2. The highest BCUT2D eigenvalue weighted by Gasteiger charge is 2.29. The van der Waals surface area contributed by atoms with Crippen molar-refractivity contribution < 1.29 is 19.2 Å². The fourth-order valence-electron chi connectivity index (χ4n) is 2.38. The van der Waals surface area contributed by atoms with Crippen molar-refractivity contribution in [2.45, 2.75) is 44.2 Å². The maximum absolute atomic E-state index is 11.7. The Balaban J connectivity index is 2.08. The van der Waals surface area contributed by atoms with Gasteiger partial charge < -0.3 is 20.2 Å². The first-order valence-corrected chi connectivity index (χ1v) is 7.34. The Morgan fingerprint density at radius 3 is 2.50 bits per heavy atom. The third-order valence-corrected chi connectivity index (χ3v) is 3.53. The molecule has 1 fully saturated rings. The van der Waals surface area contributed by atoms with Crippen LogP contribution >= 0.6 is 0 Å². The predicted octanol–water partition coefficient (Wildman–Crippen LogP) is 0.184. The van der Waals surface area contributed by atoms with E-state index >= 15 is 0 Å². The van der Waals surface area contributed by atoms with Crippen LogP contribution in [0, 0.1) is 0 Å². The molecule has 3 N–H and O–H groups in total. The summed E-state index contributed by atoms with van der Waals surface area (Å²) in [6, 6.07) is -0.570. The summed E-state index contributed by atoms with van der Waals surface area (Å²) in [4.78, 5) is 22.5. The van der Waals surface area contributed by atoms with Crippen LogP contribution in [-0.2, 0) is 9.59 Å². The second kappa shape index (κ2) is 7.59. The number of carbonyl (C=O) groups is 2. The zero-order valence-corrected chi connectivity index (χ0v) is 12.8. The third-order valence-electron chi connectivity index (χ3n) is 3.53. The van der Waals surface area contributed by atoms with Crippen LogP contribution < -0.4 is 10.6 Å². The van der Waals surface area contributed by atoms with Gasteiger partial charge in [0.2, 0.25) is 5.91 Å². The zero-order chi connectivity index (χ0) is 15.2. The van der Waals surface area contributed by atoms with Crippen molar-refractivity contribution in [3.8, 4) is 0 Å². The third kappa shape index (κ3) is 6.86. The van der Waals surface area contributed by atoms with Gasteiger partial charge in [-0.3, -0.25) is 9.59 Å². The summed E-state index contributed by atoms with van der Waals surface area (Å²) in [6.45, 7) is 1.67. The quantitative estimate of drug-likeness (QED) is 0.439. The van der Waals surface area contributed by atoms with Crippen molar-refractivity contribution in [3.05, 3.63) is 0 Å². The molecule has 0 aromatic rings. The van der Waals surface area contributed by atoms with E-state index in [9.17, 15) is 9.59 Å². The number of nitrogens with zero attached hydrogens (tertiary/aromatic N) is 1. The van der Waals surface area contributed by atoms with E-state index in [0.717, 1.165) is 30.3 Å². The molecule has 2 atom stereocenters. The number of hydrogen-bond acceptors (Lipinski definition) is 3. The van der Waals surface area contributed by atoms with Crippen molar-refractivity contribution in [2.75, 3.05) is 34.2 Å². The van der Waals surface area contributed by atoms with Crippen LogP contribution in [0.1, 0.15) is 32.1 Å². The second-order valence-corrected chi connectivity index (χ2v) is 6.62. The summed E-state index contributed by atoms with van der Waals surface area (Å²) in [5.41, 5.74) is 0. The number of rotatable bonds is 8. The van der Waals surface area contributed by atoms with E-state index < -0.39 is 12.0 Å². The first kappa shape index (κ1) is 16.9. The minimum Gasteiger partial charge on any atom is -0.480 e. The van der Waals surface area contributed by atoms with E-state index in [1.807, 2.05) is 0 Å². The molecule has 1 aliphatic heterocycles. The van der Waals surface area contributed by atoms with Crippen molar-refractivity contribution in [1.29, 1.82) is 0 Å². The van der Waals surface area contributed by atoms with Gasteiger partial charge in [-0.25, -0.2) is 0 Å². The van der Waals surface area contributed by atoms with Gasteiger partial charge in [0.1, 0.15) is 6.04 Å². The lowest BCUT2D eigenvalue weighted by Gasteiger charge is -2.23. The van der Waals surface area contributed by atoms with E-state index in [1.54, 1.807) is 0 Å². The molecule has 0 saturated carbocycles. The van der Waals surface area contributed by atoms with Crippen LogP contribution in [0.4, 0.5) is 0 Å². The molecule has 1 rings (SSSR count). The zero-order valence-electron chi connectivity index (χ0n) is 12.8. The summed E-state index contributed by atoms with van der Waals surface area (Å²) in [5, 5.41) is 14.6. The van der Waals surface area contributed by atoms with Crippen LogP contribution in [0.3, 0.4) is 0 Å². The van der Waals surface area contributed by atoms with Crippen LogP contribution in [0.5, 0.6) is 0 Å². The normalized spacial score (nSPS) is 22.8. The summed E-state index contributed by atoms with van der Waals surface area (Å²) in [6.07, 6.45) is 4.09. The number of hydrogen-bond donors (Lipinski definition) is 3. The number of unbranched alkanes of at least 4 members (excludes halogenated alkanes) is 2. The molecule has 0 aromatic heterocycles. The Morgan fingerprint density at radius 2 is 1.95 bits per heavy atom. The molecule has 0 unspecified atom stereocenters. The standard InChI is InChI=1S/C14H27N3O3/c1-17(2,3)8-6-4-5-7-13(18)16-11-9-12(14(19)20)15-10-11/h11-12,15H,4-10H2,1-3H3,(H-,16,18,19,20)/p+1/t11-,12+/m0/s1. The summed E-state index contributed by atoms with van der Waals surface area (Å²) in [5.74, 6) is -0.810. The molecule has 0 radical (unpaired) electrons. The van der Waals surface area contributed by atoms with Gasteiger partial charge in [0, 0.05) is 19.0 Å². The van der Waals surface area contributed by atoms with Gasteiger partial charge in [-0.1, -0.05) is 0 Å². The van der Waals surface area contributed by atoms with Gasteiger partial charge >= 0.3 is 5.97 Å². The van der Waals surface area contributed by atoms with E-state index in [0.29, 0.717) is 19.4 Å². The van der Waals surface area contributed by atoms with Crippen molar-refractivity contribution in [3.63, 3.8) is 0 Å². The van der Waals surface area contributed by atoms with Crippen LogP contribution in [0.25, 0.3) is 0 Å². The van der Waals surface area contributed by atoms with Gasteiger partial charge in [0.25, 0.3) is 0 Å². The maximum atomic E-state index is 11.7. The highest BCUT2D eigenvalue weighted by molar-refractivity contribution is 5.77. The number of carbonyl (C=O) groups excluding carboxylic acids is 1. The first-order chi connectivity index (χ1) is 9.28. The highest BCUT2D eigenvalue weighted by atomic mass is 16.4. The molecular weight excluding hydrogens is 258 g/mol. The lowest BCUT2D eigenvalue weighted by molar-refractivity contribution is -0.870. The predicted molar refractivity (Wildman–Crippen MR) is 77.3 cm³/mol. The molecule has 6 heteroatoms. The van der Waals surface area contributed by atoms with Crippen molar-refractivity contribution in [1.82, 2.24) is 10.6 Å². The van der Waals surface area contributed by atoms with Crippen molar-refractivity contribution in [2.24, 2.45) is 0 Å². The smallest absolute Gasteiger partial charge is 0.320 e. The SMILES string of the molecule is C[N+](C)(C)CCCCCC(=O)N[C@@H]1CN[C@@H](C(=O)O)C1. The number of amides is 1. The highest BCUT2D eigenvalue weighted by Crippen LogP contribution is 2.08. The molecule has 116 valence electrons. The number of carboxylic acid groups (broad SMARTS) is 1. The van der Waals surface area contributed by atoms with E-state index in [2.05, 4.69) is 31.8 Å². The van der Waals surface area contributed by atoms with Gasteiger partial charge in [0.15, 0.2) is 0 Å². The molecule has 0 spiro atoms. The second-order valence-electron chi connectivity index (χ2n) is 6.62. The fourth-order valence-corrected chi connectivity index (χ4v) is 2.38. The number of aliphatic carboxylic acids is 1. The Labute approximate surface area is 121 Å². The first-order valence-electron chi connectivity index (χ1n) is 7.34. The molecule has 1 aliphatic rings. The minimum absolute atomic E-state index is 0.0353.